The number of piperidine rings is 1. The number of anilines is 1. The van der Waals surface area contributed by atoms with Crippen molar-refractivity contribution in [2.75, 3.05) is 18.0 Å². The molecule has 0 saturated carbocycles. The van der Waals surface area contributed by atoms with Crippen molar-refractivity contribution in [2.24, 2.45) is 0 Å². The zero-order valence-corrected chi connectivity index (χ0v) is 14.6. The molecule has 0 aliphatic carbocycles. The van der Waals surface area contributed by atoms with Crippen LogP contribution in [0.15, 0.2) is 35.5 Å². The third kappa shape index (κ3) is 2.90. The van der Waals surface area contributed by atoms with E-state index in [4.69, 9.17) is 11.6 Å². The van der Waals surface area contributed by atoms with Crippen molar-refractivity contribution in [2.45, 2.75) is 18.9 Å². The largest absolute Gasteiger partial charge is 0.341 e. The lowest BCUT2D eigenvalue weighted by atomic mass is 10.1. The average molecular weight is 394 g/mol. The fourth-order valence-electron chi connectivity index (χ4n) is 2.99. The highest BCUT2D eigenvalue weighted by Gasteiger charge is 2.23. The van der Waals surface area contributed by atoms with Gasteiger partial charge in [-0.3, -0.25) is 4.68 Å². The van der Waals surface area contributed by atoms with Crippen molar-refractivity contribution in [1.29, 1.82) is 0 Å². The van der Waals surface area contributed by atoms with Gasteiger partial charge in [0.05, 0.1) is 41.4 Å². The highest BCUT2D eigenvalue weighted by atomic mass is 79.9. The molecule has 0 unspecified atom stereocenters. The van der Waals surface area contributed by atoms with Crippen molar-refractivity contribution in [3.8, 4) is 0 Å². The molecular weight excluding hydrogens is 380 g/mol. The number of hydrogen-bond acceptors (Lipinski definition) is 5. The molecule has 4 heterocycles. The first-order valence-corrected chi connectivity index (χ1v) is 8.59. The van der Waals surface area contributed by atoms with Crippen LogP contribution in [0.25, 0.3) is 10.9 Å². The minimum Gasteiger partial charge on any atom is -0.341 e. The van der Waals surface area contributed by atoms with Crippen LogP contribution in [0.5, 0.6) is 0 Å². The summed E-state index contributed by atoms with van der Waals surface area (Å²) in [6.07, 6.45) is 9.05. The average Bonchev–Trinajstić information content (AvgIpc) is 2.99. The summed E-state index contributed by atoms with van der Waals surface area (Å²) in [6, 6.07) is 2.37. The third-order valence-electron chi connectivity index (χ3n) is 4.15. The monoisotopic (exact) mass is 392 g/mol. The Hall–Kier alpha value is -1.73. The molecule has 0 amide bonds. The first-order valence-electron chi connectivity index (χ1n) is 7.42. The number of hydrogen-bond donors (Lipinski definition) is 0. The Morgan fingerprint density at radius 1 is 1.04 bits per heavy atom. The zero-order valence-electron chi connectivity index (χ0n) is 12.2. The van der Waals surface area contributed by atoms with E-state index in [-0.39, 0.29) is 0 Å². The van der Waals surface area contributed by atoms with Crippen molar-refractivity contribution in [3.05, 3.63) is 40.5 Å². The van der Waals surface area contributed by atoms with E-state index in [1.807, 2.05) is 18.5 Å². The van der Waals surface area contributed by atoms with Gasteiger partial charge in [-0.05, 0) is 34.8 Å². The van der Waals surface area contributed by atoms with Gasteiger partial charge in [-0.25, -0.2) is 15.0 Å². The van der Waals surface area contributed by atoms with Crippen LogP contribution in [0.2, 0.25) is 5.02 Å². The Balaban J connectivity index is 1.51. The summed E-state index contributed by atoms with van der Waals surface area (Å²) in [4.78, 5) is 15.1. The van der Waals surface area contributed by atoms with Gasteiger partial charge in [0, 0.05) is 18.5 Å². The second-order valence-electron chi connectivity index (χ2n) is 5.57. The second-order valence-corrected chi connectivity index (χ2v) is 6.82. The van der Waals surface area contributed by atoms with E-state index in [9.17, 15) is 0 Å². The minimum atomic E-state index is 0.374. The lowest BCUT2D eigenvalue weighted by Crippen LogP contribution is -2.35. The van der Waals surface area contributed by atoms with Crippen molar-refractivity contribution in [1.82, 2.24) is 24.7 Å². The Morgan fingerprint density at radius 3 is 2.52 bits per heavy atom. The maximum atomic E-state index is 5.84. The molecule has 1 fully saturated rings. The molecule has 0 spiro atoms. The van der Waals surface area contributed by atoms with Crippen LogP contribution in [-0.4, -0.2) is 37.8 Å². The second kappa shape index (κ2) is 6.05. The summed E-state index contributed by atoms with van der Waals surface area (Å²) in [5.41, 5.74) is 1.08. The smallest absolute Gasteiger partial charge is 0.225 e. The molecular formula is C15H14BrClN6. The van der Waals surface area contributed by atoms with Crippen LogP contribution in [0.1, 0.15) is 18.9 Å². The zero-order chi connectivity index (χ0) is 15.8. The fourth-order valence-corrected chi connectivity index (χ4v) is 3.44. The van der Waals surface area contributed by atoms with Crippen LogP contribution in [-0.2, 0) is 0 Å². The molecule has 6 nitrogen and oxygen atoms in total. The maximum absolute atomic E-state index is 5.84. The molecule has 118 valence electrons. The predicted octanol–water partition coefficient (Wildman–Crippen LogP) is 3.48. The summed E-state index contributed by atoms with van der Waals surface area (Å²) in [5.74, 6) is 0.740. The Bertz CT molecular complexity index is 826. The summed E-state index contributed by atoms with van der Waals surface area (Å²) in [7, 11) is 0. The van der Waals surface area contributed by atoms with E-state index in [0.29, 0.717) is 11.1 Å². The van der Waals surface area contributed by atoms with Gasteiger partial charge >= 0.3 is 0 Å². The fraction of sp³-hybridized carbons (Fsp3) is 0.333. The van der Waals surface area contributed by atoms with E-state index in [1.54, 1.807) is 12.4 Å². The topological polar surface area (TPSA) is 59.7 Å². The summed E-state index contributed by atoms with van der Waals surface area (Å²) < 4.78 is 2.92. The molecule has 1 aliphatic heterocycles. The van der Waals surface area contributed by atoms with E-state index >= 15 is 0 Å². The molecule has 0 bridgehead atoms. The van der Waals surface area contributed by atoms with Crippen LogP contribution in [0, 0.1) is 0 Å². The lowest BCUT2D eigenvalue weighted by molar-refractivity contribution is 0.374. The van der Waals surface area contributed by atoms with Gasteiger partial charge in [0.15, 0.2) is 0 Å². The normalized spacial score (nSPS) is 16.2. The molecule has 3 aromatic heterocycles. The SMILES string of the molecule is Clc1cnc(N2CCC(n3ncc4cc(Br)ncc43)CC2)nc1. The number of halogens is 2. The number of nitrogens with zero attached hydrogens (tertiary/aromatic N) is 6. The maximum Gasteiger partial charge on any atom is 0.225 e. The van der Waals surface area contributed by atoms with Gasteiger partial charge in [-0.1, -0.05) is 11.6 Å². The van der Waals surface area contributed by atoms with Gasteiger partial charge in [-0.15, -0.1) is 0 Å². The number of rotatable bonds is 2. The van der Waals surface area contributed by atoms with E-state index in [1.165, 1.54) is 0 Å². The standard InChI is InChI=1S/C15H14BrClN6/c16-14-5-10-6-21-23(13(10)9-18-14)12-1-3-22(4-2-12)15-19-7-11(17)8-20-15/h5-9,12H,1-4H2. The molecule has 8 heteroatoms. The molecule has 4 rings (SSSR count). The highest BCUT2D eigenvalue weighted by Crippen LogP contribution is 2.28. The first-order chi connectivity index (χ1) is 11.2. The van der Waals surface area contributed by atoms with E-state index in [2.05, 4.69) is 45.6 Å². The van der Waals surface area contributed by atoms with Crippen molar-refractivity contribution >= 4 is 44.4 Å². The van der Waals surface area contributed by atoms with Crippen LogP contribution in [0.4, 0.5) is 5.95 Å². The summed E-state index contributed by atoms with van der Waals surface area (Å²) >= 11 is 9.24. The summed E-state index contributed by atoms with van der Waals surface area (Å²) in [6.45, 7) is 1.80. The van der Waals surface area contributed by atoms with Crippen LogP contribution >= 0.6 is 27.5 Å². The van der Waals surface area contributed by atoms with Crippen molar-refractivity contribution < 1.29 is 0 Å². The molecule has 23 heavy (non-hydrogen) atoms. The van der Waals surface area contributed by atoms with Crippen molar-refractivity contribution in [3.63, 3.8) is 0 Å². The van der Waals surface area contributed by atoms with Gasteiger partial charge < -0.3 is 4.90 Å². The predicted molar refractivity (Wildman–Crippen MR) is 92.8 cm³/mol. The molecule has 0 atom stereocenters. The molecule has 0 aromatic carbocycles. The number of fused-ring (bicyclic) bond motifs is 1. The highest BCUT2D eigenvalue weighted by molar-refractivity contribution is 9.10. The summed E-state index contributed by atoms with van der Waals surface area (Å²) in [5, 5.41) is 6.23. The lowest BCUT2D eigenvalue weighted by Gasteiger charge is -2.32. The van der Waals surface area contributed by atoms with Gasteiger partial charge in [0.25, 0.3) is 0 Å². The van der Waals surface area contributed by atoms with Gasteiger partial charge in [-0.2, -0.15) is 5.10 Å². The molecule has 1 aliphatic rings. The molecule has 3 aromatic rings. The van der Waals surface area contributed by atoms with E-state index in [0.717, 1.165) is 47.4 Å². The van der Waals surface area contributed by atoms with Gasteiger partial charge in [0.1, 0.15) is 4.60 Å². The van der Waals surface area contributed by atoms with E-state index < -0.39 is 0 Å². The third-order valence-corrected chi connectivity index (χ3v) is 4.78. The number of pyridine rings is 1. The Morgan fingerprint density at radius 2 is 1.78 bits per heavy atom. The molecule has 1 saturated heterocycles. The first kappa shape index (κ1) is 14.8. The van der Waals surface area contributed by atoms with Gasteiger partial charge in [0.2, 0.25) is 5.95 Å². The Kier molecular flexibility index (Phi) is 3.90. The van der Waals surface area contributed by atoms with Crippen LogP contribution < -0.4 is 4.90 Å². The quantitative estimate of drug-likeness (QED) is 0.624. The minimum absolute atomic E-state index is 0.374. The molecule has 0 radical (unpaired) electrons. The number of aromatic nitrogens is 5. The molecule has 0 N–H and O–H groups in total. The Labute approximate surface area is 146 Å². The van der Waals surface area contributed by atoms with Crippen LogP contribution in [0.3, 0.4) is 0 Å².